The van der Waals surface area contributed by atoms with Gasteiger partial charge in [0.2, 0.25) is 0 Å². The standard InChI is InChI=1S/C12H12BrF2NO/c13-8-4-6-16(7-5-8)12(17)9-2-1-3-10(14)11(9)15/h1-3,8H,4-7H2. The number of carbonyl (C=O) groups is 1. The molecule has 0 atom stereocenters. The zero-order chi connectivity index (χ0) is 12.4. The summed E-state index contributed by atoms with van der Waals surface area (Å²) in [7, 11) is 0. The maximum Gasteiger partial charge on any atom is 0.256 e. The van der Waals surface area contributed by atoms with E-state index in [4.69, 9.17) is 0 Å². The first kappa shape index (κ1) is 12.5. The van der Waals surface area contributed by atoms with Crippen LogP contribution < -0.4 is 0 Å². The van der Waals surface area contributed by atoms with E-state index in [9.17, 15) is 13.6 Å². The van der Waals surface area contributed by atoms with Crippen LogP contribution in [0.3, 0.4) is 0 Å². The molecule has 0 aromatic heterocycles. The third-order valence-corrected chi connectivity index (χ3v) is 3.81. The van der Waals surface area contributed by atoms with E-state index in [-0.39, 0.29) is 5.56 Å². The number of rotatable bonds is 1. The third-order valence-electron chi connectivity index (χ3n) is 2.89. The van der Waals surface area contributed by atoms with Gasteiger partial charge in [-0.3, -0.25) is 4.79 Å². The van der Waals surface area contributed by atoms with Crippen molar-refractivity contribution in [3.63, 3.8) is 0 Å². The highest BCUT2D eigenvalue weighted by Crippen LogP contribution is 2.20. The Bertz CT molecular complexity index is 431. The maximum atomic E-state index is 13.5. The molecule has 1 aliphatic rings. The van der Waals surface area contributed by atoms with Crippen molar-refractivity contribution >= 4 is 21.8 Å². The van der Waals surface area contributed by atoms with Crippen LogP contribution in [0.25, 0.3) is 0 Å². The summed E-state index contributed by atoms with van der Waals surface area (Å²) in [5, 5.41) is 0. The summed E-state index contributed by atoms with van der Waals surface area (Å²) in [6.45, 7) is 1.15. The Morgan fingerprint density at radius 1 is 1.29 bits per heavy atom. The SMILES string of the molecule is O=C(c1cccc(F)c1F)N1CCC(Br)CC1. The summed E-state index contributed by atoms with van der Waals surface area (Å²) in [6, 6.07) is 3.68. The van der Waals surface area contributed by atoms with Gasteiger partial charge in [0.1, 0.15) is 0 Å². The molecule has 0 bridgehead atoms. The number of alkyl halides is 1. The van der Waals surface area contributed by atoms with Crippen LogP contribution in [-0.4, -0.2) is 28.7 Å². The lowest BCUT2D eigenvalue weighted by atomic mass is 10.1. The van der Waals surface area contributed by atoms with Crippen molar-refractivity contribution in [1.82, 2.24) is 4.90 Å². The van der Waals surface area contributed by atoms with E-state index >= 15 is 0 Å². The Morgan fingerprint density at radius 2 is 1.94 bits per heavy atom. The van der Waals surface area contributed by atoms with E-state index in [1.165, 1.54) is 12.1 Å². The molecule has 0 spiro atoms. The van der Waals surface area contributed by atoms with E-state index in [1.807, 2.05) is 0 Å². The Labute approximate surface area is 107 Å². The van der Waals surface area contributed by atoms with E-state index < -0.39 is 17.5 Å². The normalized spacial score (nSPS) is 17.2. The topological polar surface area (TPSA) is 20.3 Å². The van der Waals surface area contributed by atoms with Gasteiger partial charge < -0.3 is 4.90 Å². The molecule has 0 N–H and O–H groups in total. The first-order chi connectivity index (χ1) is 8.09. The van der Waals surface area contributed by atoms with Crippen LogP contribution in [0, 0.1) is 11.6 Å². The molecule has 92 valence electrons. The van der Waals surface area contributed by atoms with Crippen molar-refractivity contribution in [2.24, 2.45) is 0 Å². The summed E-state index contributed by atoms with van der Waals surface area (Å²) in [5.74, 6) is -2.47. The fraction of sp³-hybridized carbons (Fsp3) is 0.417. The van der Waals surface area contributed by atoms with Gasteiger partial charge in [0.15, 0.2) is 11.6 Å². The van der Waals surface area contributed by atoms with Gasteiger partial charge in [0.05, 0.1) is 5.56 Å². The molecule has 0 radical (unpaired) electrons. The predicted molar refractivity (Wildman–Crippen MR) is 64.2 cm³/mol. The fourth-order valence-electron chi connectivity index (χ4n) is 1.89. The zero-order valence-corrected chi connectivity index (χ0v) is 10.7. The molecule has 5 heteroatoms. The Morgan fingerprint density at radius 3 is 2.59 bits per heavy atom. The molecule has 1 fully saturated rings. The lowest BCUT2D eigenvalue weighted by Crippen LogP contribution is -2.39. The summed E-state index contributed by atoms with van der Waals surface area (Å²) < 4.78 is 26.5. The molecule has 2 nitrogen and oxygen atoms in total. The average Bonchev–Trinajstić information content (AvgIpc) is 2.33. The highest BCUT2D eigenvalue weighted by Gasteiger charge is 2.24. The van der Waals surface area contributed by atoms with Gasteiger partial charge in [-0.1, -0.05) is 22.0 Å². The number of benzene rings is 1. The van der Waals surface area contributed by atoms with Gasteiger partial charge in [-0.15, -0.1) is 0 Å². The largest absolute Gasteiger partial charge is 0.338 e. The second-order valence-corrected chi connectivity index (χ2v) is 5.36. The van der Waals surface area contributed by atoms with Crippen LogP contribution in [0.15, 0.2) is 18.2 Å². The number of likely N-dealkylation sites (tertiary alicyclic amines) is 1. The van der Waals surface area contributed by atoms with Gasteiger partial charge in [0.25, 0.3) is 5.91 Å². The second-order valence-electron chi connectivity index (χ2n) is 4.07. The van der Waals surface area contributed by atoms with Crippen LogP contribution in [0.2, 0.25) is 0 Å². The first-order valence-corrected chi connectivity index (χ1v) is 6.38. The van der Waals surface area contributed by atoms with Crippen LogP contribution in [0.5, 0.6) is 0 Å². The molecular weight excluding hydrogens is 292 g/mol. The molecular formula is C12H12BrF2NO. The van der Waals surface area contributed by atoms with Gasteiger partial charge in [0, 0.05) is 17.9 Å². The molecule has 1 aliphatic heterocycles. The Balaban J connectivity index is 2.17. The maximum absolute atomic E-state index is 13.5. The van der Waals surface area contributed by atoms with Crippen LogP contribution >= 0.6 is 15.9 Å². The van der Waals surface area contributed by atoms with Gasteiger partial charge in [-0.25, -0.2) is 8.78 Å². The van der Waals surface area contributed by atoms with Crippen molar-refractivity contribution in [1.29, 1.82) is 0 Å². The summed E-state index contributed by atoms with van der Waals surface area (Å²) in [4.78, 5) is 14.0. The average molecular weight is 304 g/mol. The van der Waals surface area contributed by atoms with Crippen molar-refractivity contribution in [2.45, 2.75) is 17.7 Å². The van der Waals surface area contributed by atoms with Crippen LogP contribution in [-0.2, 0) is 0 Å². The Kier molecular flexibility index (Phi) is 3.76. The number of hydrogen-bond acceptors (Lipinski definition) is 1. The molecule has 1 amide bonds. The second kappa shape index (κ2) is 5.12. The predicted octanol–water partition coefficient (Wildman–Crippen LogP) is 2.96. The zero-order valence-electron chi connectivity index (χ0n) is 9.13. The van der Waals surface area contributed by atoms with Crippen molar-refractivity contribution in [3.8, 4) is 0 Å². The number of piperidine rings is 1. The number of nitrogens with zero attached hydrogens (tertiary/aromatic N) is 1. The molecule has 1 aromatic carbocycles. The van der Waals surface area contributed by atoms with Gasteiger partial charge >= 0.3 is 0 Å². The van der Waals surface area contributed by atoms with Gasteiger partial charge in [-0.05, 0) is 25.0 Å². The Hall–Kier alpha value is -0.970. The third kappa shape index (κ3) is 2.65. The number of amides is 1. The van der Waals surface area contributed by atoms with E-state index in [0.717, 1.165) is 18.9 Å². The smallest absolute Gasteiger partial charge is 0.256 e. The minimum atomic E-state index is -1.06. The fourth-order valence-corrected chi connectivity index (χ4v) is 2.30. The van der Waals surface area contributed by atoms with Gasteiger partial charge in [-0.2, -0.15) is 0 Å². The van der Waals surface area contributed by atoms with E-state index in [2.05, 4.69) is 15.9 Å². The van der Waals surface area contributed by atoms with E-state index in [0.29, 0.717) is 17.9 Å². The molecule has 2 rings (SSSR count). The summed E-state index contributed by atoms with van der Waals surface area (Å²) in [5.41, 5.74) is -0.182. The van der Waals surface area contributed by atoms with Crippen LogP contribution in [0.4, 0.5) is 8.78 Å². The lowest BCUT2D eigenvalue weighted by Gasteiger charge is -2.29. The number of halogens is 3. The van der Waals surface area contributed by atoms with Crippen molar-refractivity contribution in [3.05, 3.63) is 35.4 Å². The molecule has 1 aromatic rings. The number of carbonyl (C=O) groups excluding carboxylic acids is 1. The highest BCUT2D eigenvalue weighted by atomic mass is 79.9. The minimum absolute atomic E-state index is 0.182. The van der Waals surface area contributed by atoms with E-state index in [1.54, 1.807) is 4.90 Å². The highest BCUT2D eigenvalue weighted by molar-refractivity contribution is 9.09. The van der Waals surface area contributed by atoms with Crippen molar-refractivity contribution < 1.29 is 13.6 Å². The molecule has 0 saturated carbocycles. The lowest BCUT2D eigenvalue weighted by molar-refractivity contribution is 0.0722. The molecule has 1 heterocycles. The summed E-state index contributed by atoms with van der Waals surface area (Å²) >= 11 is 3.48. The monoisotopic (exact) mass is 303 g/mol. The molecule has 17 heavy (non-hydrogen) atoms. The minimum Gasteiger partial charge on any atom is -0.338 e. The quantitative estimate of drug-likeness (QED) is 0.731. The van der Waals surface area contributed by atoms with Crippen molar-refractivity contribution in [2.75, 3.05) is 13.1 Å². The molecule has 1 saturated heterocycles. The summed E-state index contributed by atoms with van der Waals surface area (Å²) in [6.07, 6.45) is 1.67. The van der Waals surface area contributed by atoms with Crippen LogP contribution in [0.1, 0.15) is 23.2 Å². The number of hydrogen-bond donors (Lipinski definition) is 0. The first-order valence-electron chi connectivity index (χ1n) is 5.47. The molecule has 0 unspecified atom stereocenters. The molecule has 0 aliphatic carbocycles.